The van der Waals surface area contributed by atoms with Crippen LogP contribution in [0.3, 0.4) is 0 Å². The van der Waals surface area contributed by atoms with Crippen LogP contribution in [0.15, 0.2) is 24.3 Å². The van der Waals surface area contributed by atoms with E-state index in [1.165, 1.54) is 4.90 Å². The number of anilines is 2. The van der Waals surface area contributed by atoms with Crippen molar-refractivity contribution in [3.8, 4) is 0 Å². The van der Waals surface area contributed by atoms with Crippen molar-refractivity contribution < 1.29 is 18.3 Å². The van der Waals surface area contributed by atoms with E-state index in [2.05, 4.69) is 4.72 Å². The summed E-state index contributed by atoms with van der Waals surface area (Å²) < 4.78 is 24.9. The number of para-hydroxylation sites is 2. The van der Waals surface area contributed by atoms with Crippen LogP contribution in [0.5, 0.6) is 0 Å². The van der Waals surface area contributed by atoms with Crippen LogP contribution >= 0.6 is 0 Å². The topological polar surface area (TPSA) is 86.7 Å². The predicted molar refractivity (Wildman–Crippen MR) is 67.9 cm³/mol. The maximum Gasteiger partial charge on any atom is 0.229 e. The van der Waals surface area contributed by atoms with Crippen LogP contribution in [0.2, 0.25) is 0 Å². The molecular weight excluding hydrogens is 256 g/mol. The van der Waals surface area contributed by atoms with Crippen molar-refractivity contribution in [1.29, 1.82) is 0 Å². The van der Waals surface area contributed by atoms with E-state index in [1.807, 2.05) is 0 Å². The highest BCUT2D eigenvalue weighted by Crippen LogP contribution is 2.29. The molecule has 1 aromatic carbocycles. The van der Waals surface area contributed by atoms with Crippen LogP contribution in [0.1, 0.15) is 6.42 Å². The Morgan fingerprint density at radius 2 is 2.06 bits per heavy atom. The first-order valence-electron chi connectivity index (χ1n) is 5.42. The first-order valence-corrected chi connectivity index (χ1v) is 7.31. The van der Waals surface area contributed by atoms with Gasteiger partial charge in [0.15, 0.2) is 0 Å². The Morgan fingerprint density at radius 3 is 2.61 bits per heavy atom. The van der Waals surface area contributed by atoms with E-state index in [0.29, 0.717) is 11.4 Å². The molecule has 1 heterocycles. The standard InChI is InChI=1S/C11H14N2O4S/c1-18(16,17)12-9-4-2-3-5-10(9)13-7-8(14)6-11(13)15/h2-5,8,12,14H,6-7H2,1H3. The van der Waals surface area contributed by atoms with Gasteiger partial charge in [-0.15, -0.1) is 0 Å². The Kier molecular flexibility index (Phi) is 3.27. The number of hydrogen-bond donors (Lipinski definition) is 2. The Bertz CT molecular complexity index is 570. The highest BCUT2D eigenvalue weighted by atomic mass is 32.2. The van der Waals surface area contributed by atoms with Crippen LogP contribution in [-0.4, -0.2) is 38.3 Å². The van der Waals surface area contributed by atoms with Gasteiger partial charge in [0.05, 0.1) is 36.7 Å². The molecule has 0 spiro atoms. The van der Waals surface area contributed by atoms with Crippen LogP contribution in [0.4, 0.5) is 11.4 Å². The lowest BCUT2D eigenvalue weighted by Crippen LogP contribution is -2.26. The number of benzene rings is 1. The molecular formula is C11H14N2O4S. The van der Waals surface area contributed by atoms with Gasteiger partial charge in [0.2, 0.25) is 15.9 Å². The summed E-state index contributed by atoms with van der Waals surface area (Å²) in [7, 11) is -3.41. The second-order valence-corrected chi connectivity index (χ2v) is 6.00. The molecule has 0 aliphatic carbocycles. The van der Waals surface area contributed by atoms with Gasteiger partial charge in [0.1, 0.15) is 0 Å². The lowest BCUT2D eigenvalue weighted by atomic mass is 10.2. The molecule has 1 aromatic rings. The second-order valence-electron chi connectivity index (χ2n) is 4.25. The number of carbonyl (C=O) groups is 1. The molecule has 0 saturated carbocycles. The predicted octanol–water partition coefficient (Wildman–Crippen LogP) is 0.156. The van der Waals surface area contributed by atoms with Crippen LogP contribution in [-0.2, 0) is 14.8 Å². The molecule has 1 atom stereocenters. The Hall–Kier alpha value is -1.60. The highest BCUT2D eigenvalue weighted by Gasteiger charge is 2.30. The smallest absolute Gasteiger partial charge is 0.229 e. The van der Waals surface area contributed by atoms with Crippen molar-refractivity contribution in [2.75, 3.05) is 22.4 Å². The molecule has 1 unspecified atom stereocenters. The van der Waals surface area contributed by atoms with Crippen molar-refractivity contribution in [3.05, 3.63) is 24.3 Å². The number of aliphatic hydroxyl groups excluding tert-OH is 1. The molecule has 98 valence electrons. The minimum Gasteiger partial charge on any atom is -0.391 e. The van der Waals surface area contributed by atoms with E-state index in [4.69, 9.17) is 0 Å². The number of rotatable bonds is 3. The molecule has 18 heavy (non-hydrogen) atoms. The summed E-state index contributed by atoms with van der Waals surface area (Å²) in [6, 6.07) is 6.60. The number of amides is 1. The minimum absolute atomic E-state index is 0.0627. The number of hydrogen-bond acceptors (Lipinski definition) is 4. The summed E-state index contributed by atoms with van der Waals surface area (Å²) in [6.07, 6.45) is 0.404. The summed E-state index contributed by atoms with van der Waals surface area (Å²) in [5.41, 5.74) is 0.798. The van der Waals surface area contributed by atoms with E-state index in [-0.39, 0.29) is 18.9 Å². The molecule has 1 saturated heterocycles. The van der Waals surface area contributed by atoms with Gasteiger partial charge in [0.25, 0.3) is 0 Å². The van der Waals surface area contributed by atoms with Gasteiger partial charge in [0, 0.05) is 0 Å². The molecule has 2 N–H and O–H groups in total. The third-order valence-electron chi connectivity index (χ3n) is 2.59. The minimum atomic E-state index is -3.41. The van der Waals surface area contributed by atoms with E-state index >= 15 is 0 Å². The molecule has 1 aliphatic rings. The van der Waals surface area contributed by atoms with Crippen LogP contribution in [0, 0.1) is 0 Å². The molecule has 1 aliphatic heterocycles. The summed E-state index contributed by atoms with van der Waals surface area (Å²) in [6.45, 7) is 0.182. The maximum atomic E-state index is 11.7. The molecule has 2 rings (SSSR count). The van der Waals surface area contributed by atoms with Gasteiger partial charge in [-0.25, -0.2) is 8.42 Å². The van der Waals surface area contributed by atoms with Crippen molar-refractivity contribution in [1.82, 2.24) is 0 Å². The Balaban J connectivity index is 2.36. The second kappa shape index (κ2) is 4.58. The summed E-state index contributed by atoms with van der Waals surface area (Å²) >= 11 is 0. The maximum absolute atomic E-state index is 11.7. The number of nitrogens with one attached hydrogen (secondary N) is 1. The van der Waals surface area contributed by atoms with Crippen LogP contribution < -0.4 is 9.62 Å². The van der Waals surface area contributed by atoms with Crippen molar-refractivity contribution >= 4 is 27.3 Å². The zero-order valence-electron chi connectivity index (χ0n) is 9.83. The SMILES string of the molecule is CS(=O)(=O)Nc1ccccc1N1CC(O)CC1=O. The molecule has 0 radical (unpaired) electrons. The Labute approximate surface area is 105 Å². The highest BCUT2D eigenvalue weighted by molar-refractivity contribution is 7.92. The van der Waals surface area contributed by atoms with Gasteiger partial charge in [-0.2, -0.15) is 0 Å². The van der Waals surface area contributed by atoms with Gasteiger partial charge in [-0.1, -0.05) is 12.1 Å². The van der Waals surface area contributed by atoms with Crippen LogP contribution in [0.25, 0.3) is 0 Å². The van der Waals surface area contributed by atoms with E-state index in [9.17, 15) is 18.3 Å². The number of β-amino-alcohol motifs (C(OH)–C–C–N with tert-alkyl or cyclic N) is 1. The molecule has 7 heteroatoms. The average molecular weight is 270 g/mol. The Morgan fingerprint density at radius 1 is 1.39 bits per heavy atom. The number of aliphatic hydroxyl groups is 1. The zero-order valence-corrected chi connectivity index (χ0v) is 10.6. The quantitative estimate of drug-likeness (QED) is 0.819. The number of sulfonamides is 1. The molecule has 6 nitrogen and oxygen atoms in total. The fraction of sp³-hybridized carbons (Fsp3) is 0.364. The zero-order chi connectivity index (χ0) is 13.3. The molecule has 1 fully saturated rings. The molecule has 0 aromatic heterocycles. The van der Waals surface area contributed by atoms with Gasteiger partial charge in [-0.05, 0) is 12.1 Å². The largest absolute Gasteiger partial charge is 0.391 e. The molecule has 0 bridgehead atoms. The van der Waals surface area contributed by atoms with Gasteiger partial charge < -0.3 is 10.0 Å². The van der Waals surface area contributed by atoms with Gasteiger partial charge in [-0.3, -0.25) is 9.52 Å². The third kappa shape index (κ3) is 2.80. The monoisotopic (exact) mass is 270 g/mol. The van der Waals surface area contributed by atoms with Crippen molar-refractivity contribution in [2.24, 2.45) is 0 Å². The number of nitrogens with zero attached hydrogens (tertiary/aromatic N) is 1. The van der Waals surface area contributed by atoms with Crippen molar-refractivity contribution in [3.63, 3.8) is 0 Å². The summed E-state index contributed by atoms with van der Waals surface area (Å²) in [5, 5.41) is 9.45. The average Bonchev–Trinajstić information content (AvgIpc) is 2.56. The summed E-state index contributed by atoms with van der Waals surface area (Å²) in [5.74, 6) is -0.217. The summed E-state index contributed by atoms with van der Waals surface area (Å²) in [4.78, 5) is 13.1. The lowest BCUT2D eigenvalue weighted by molar-refractivity contribution is -0.117. The normalized spacial score (nSPS) is 20.2. The van der Waals surface area contributed by atoms with E-state index in [1.54, 1.807) is 24.3 Å². The van der Waals surface area contributed by atoms with Gasteiger partial charge >= 0.3 is 0 Å². The van der Waals surface area contributed by atoms with E-state index in [0.717, 1.165) is 6.26 Å². The fourth-order valence-corrected chi connectivity index (χ4v) is 2.49. The first-order chi connectivity index (χ1) is 8.37. The first kappa shape index (κ1) is 12.8. The van der Waals surface area contributed by atoms with E-state index < -0.39 is 16.1 Å². The van der Waals surface area contributed by atoms with Crippen molar-refractivity contribution in [2.45, 2.75) is 12.5 Å². The fourth-order valence-electron chi connectivity index (χ4n) is 1.92. The lowest BCUT2D eigenvalue weighted by Gasteiger charge is -2.19. The number of carbonyl (C=O) groups excluding carboxylic acids is 1. The molecule has 1 amide bonds. The third-order valence-corrected chi connectivity index (χ3v) is 3.19.